The summed E-state index contributed by atoms with van der Waals surface area (Å²) in [6.45, 7) is 7.45. The van der Waals surface area contributed by atoms with Crippen LogP contribution in [0.5, 0.6) is 0 Å². The Hall–Kier alpha value is -5.37. The molecule has 0 amide bonds. The molecule has 208 valence electrons. The normalized spacial score (nSPS) is 11.2. The van der Waals surface area contributed by atoms with Crippen molar-refractivity contribution in [3.63, 3.8) is 0 Å². The van der Waals surface area contributed by atoms with E-state index in [1.165, 1.54) is 28.4 Å². The number of benzene rings is 7. The second-order valence-electron chi connectivity index (χ2n) is 10.9. The molecule has 0 aliphatic heterocycles. The molecule has 0 saturated heterocycles. The molecule has 0 heterocycles. The van der Waals surface area contributed by atoms with Crippen LogP contribution >= 0.6 is 0 Å². The van der Waals surface area contributed by atoms with Gasteiger partial charge in [0.1, 0.15) is 0 Å². The first-order valence-corrected chi connectivity index (χ1v) is 19.0. The van der Waals surface area contributed by atoms with Crippen LogP contribution in [0.15, 0.2) is 182 Å². The van der Waals surface area contributed by atoms with Gasteiger partial charge in [0.2, 0.25) is 0 Å². The van der Waals surface area contributed by atoms with Gasteiger partial charge in [0.15, 0.2) is 0 Å². The van der Waals surface area contributed by atoms with E-state index in [0.29, 0.717) is 5.69 Å². The fourth-order valence-electron chi connectivity index (χ4n) is 6.36. The predicted molar refractivity (Wildman–Crippen MR) is 189 cm³/mol. The molecule has 0 unspecified atom stereocenters. The summed E-state index contributed by atoms with van der Waals surface area (Å²) in [5, 5.41) is 2.40. The van der Waals surface area contributed by atoms with E-state index in [4.69, 9.17) is 6.57 Å². The van der Waals surface area contributed by atoms with E-state index < -0.39 is 13.3 Å². The molecule has 0 radical (unpaired) electrons. The third-order valence-corrected chi connectivity index (χ3v) is 18.5. The second-order valence-corrected chi connectivity index (χ2v) is 18.9. The van der Waals surface area contributed by atoms with Crippen molar-refractivity contribution in [1.82, 2.24) is 0 Å². The van der Waals surface area contributed by atoms with Crippen LogP contribution in [0, 0.1) is 6.57 Å². The standard InChI is InChI=1S/C41H30GeN2/c1-43-38-24-29-40(30-25-38)44(41-26-21-32-13-11-12-14-33(32)31-41)39-27-22-37(23-28-39)42(34-15-5-2-6-16-34,35-17-7-3-8-18-35)36-19-9-4-10-20-36/h2-31H. The maximum absolute atomic E-state index is 7.45. The van der Waals surface area contributed by atoms with Gasteiger partial charge in [0, 0.05) is 0 Å². The number of hydrogen-bond donors (Lipinski definition) is 0. The van der Waals surface area contributed by atoms with Crippen molar-refractivity contribution in [3.8, 4) is 0 Å². The average molecular weight is 623 g/mol. The summed E-state index contributed by atoms with van der Waals surface area (Å²) < 4.78 is 5.58. The average Bonchev–Trinajstić information content (AvgIpc) is 3.11. The first-order valence-electron chi connectivity index (χ1n) is 14.8. The molecule has 7 rings (SSSR count). The van der Waals surface area contributed by atoms with Crippen molar-refractivity contribution in [2.24, 2.45) is 0 Å². The van der Waals surface area contributed by atoms with Gasteiger partial charge in [-0.3, -0.25) is 0 Å². The third-order valence-electron chi connectivity index (χ3n) is 8.41. The zero-order valence-corrected chi connectivity index (χ0v) is 26.3. The molecule has 0 aromatic heterocycles. The van der Waals surface area contributed by atoms with Crippen LogP contribution in [-0.4, -0.2) is 13.3 Å². The van der Waals surface area contributed by atoms with E-state index >= 15 is 0 Å². The SMILES string of the molecule is [C-]#[N+]c1ccc(N(c2cc[c]([Ge]([c]3ccccc3)([c]3ccccc3)[c]3ccccc3)cc2)c2ccc3ccccc3c2)cc1. The first kappa shape index (κ1) is 27.5. The van der Waals surface area contributed by atoms with Crippen LogP contribution in [0.25, 0.3) is 15.6 Å². The number of nitrogens with zero attached hydrogens (tertiary/aromatic N) is 2. The van der Waals surface area contributed by atoms with Crippen LogP contribution in [0.1, 0.15) is 0 Å². The molecule has 44 heavy (non-hydrogen) atoms. The molecule has 0 aliphatic rings. The zero-order chi connectivity index (χ0) is 29.8. The molecule has 2 nitrogen and oxygen atoms in total. The van der Waals surface area contributed by atoms with Gasteiger partial charge in [0.25, 0.3) is 0 Å². The summed E-state index contributed by atoms with van der Waals surface area (Å²) in [5.74, 6) is 0. The van der Waals surface area contributed by atoms with Crippen molar-refractivity contribution in [2.45, 2.75) is 0 Å². The molecule has 0 spiro atoms. The zero-order valence-electron chi connectivity index (χ0n) is 24.2. The molecule has 0 saturated carbocycles. The Balaban J connectivity index is 1.43. The maximum atomic E-state index is 7.45. The van der Waals surface area contributed by atoms with Crippen molar-refractivity contribution in [2.75, 3.05) is 4.90 Å². The van der Waals surface area contributed by atoms with Crippen LogP contribution in [0.2, 0.25) is 0 Å². The van der Waals surface area contributed by atoms with Gasteiger partial charge in [-0.15, -0.1) is 0 Å². The molecule has 0 atom stereocenters. The predicted octanol–water partition coefficient (Wildman–Crippen LogP) is 8.24. The topological polar surface area (TPSA) is 7.60 Å². The first-order chi connectivity index (χ1) is 21.8. The van der Waals surface area contributed by atoms with Crippen LogP contribution in [0.4, 0.5) is 22.7 Å². The van der Waals surface area contributed by atoms with Crippen molar-refractivity contribution < 1.29 is 0 Å². The molecule has 0 N–H and O–H groups in total. The Morgan fingerprint density at radius 3 is 1.30 bits per heavy atom. The summed E-state index contributed by atoms with van der Waals surface area (Å²) >= 11 is -3.36. The Morgan fingerprint density at radius 1 is 0.386 bits per heavy atom. The molecular weight excluding hydrogens is 593 g/mol. The monoisotopic (exact) mass is 624 g/mol. The summed E-state index contributed by atoms with van der Waals surface area (Å²) in [5.41, 5.74) is 3.80. The number of fused-ring (bicyclic) bond motifs is 1. The van der Waals surface area contributed by atoms with Gasteiger partial charge in [0.05, 0.1) is 0 Å². The van der Waals surface area contributed by atoms with E-state index in [-0.39, 0.29) is 0 Å². The van der Waals surface area contributed by atoms with E-state index in [2.05, 4.69) is 167 Å². The molecule has 3 heteroatoms. The fraction of sp³-hybridized carbons (Fsp3) is 0. The molecule has 7 aromatic carbocycles. The van der Waals surface area contributed by atoms with Gasteiger partial charge in [-0.05, 0) is 0 Å². The number of hydrogen-bond acceptors (Lipinski definition) is 1. The molecule has 7 aromatic rings. The van der Waals surface area contributed by atoms with Gasteiger partial charge < -0.3 is 0 Å². The summed E-state index contributed by atoms with van der Waals surface area (Å²) in [6, 6.07) is 65.4. The molecule has 0 fully saturated rings. The van der Waals surface area contributed by atoms with Gasteiger partial charge in [-0.2, -0.15) is 0 Å². The number of anilines is 3. The Kier molecular flexibility index (Phi) is 7.55. The van der Waals surface area contributed by atoms with Crippen molar-refractivity contribution in [3.05, 3.63) is 193 Å². The van der Waals surface area contributed by atoms with Gasteiger partial charge in [-0.1, -0.05) is 0 Å². The summed E-state index contributed by atoms with van der Waals surface area (Å²) in [6.07, 6.45) is 0. The molecule has 0 bridgehead atoms. The Bertz CT molecular complexity index is 1950. The quantitative estimate of drug-likeness (QED) is 0.128. The molecule has 0 aliphatic carbocycles. The minimum atomic E-state index is -3.36. The van der Waals surface area contributed by atoms with E-state index in [1.54, 1.807) is 0 Å². The minimum absolute atomic E-state index is 0.633. The number of rotatable bonds is 7. The van der Waals surface area contributed by atoms with Crippen molar-refractivity contribution in [1.29, 1.82) is 0 Å². The van der Waals surface area contributed by atoms with Crippen LogP contribution < -0.4 is 22.5 Å². The summed E-state index contributed by atoms with van der Waals surface area (Å²) in [4.78, 5) is 5.90. The molecular formula is C41H30GeN2. The van der Waals surface area contributed by atoms with E-state index in [9.17, 15) is 0 Å². The second kappa shape index (κ2) is 12.1. The fourth-order valence-corrected chi connectivity index (χ4v) is 16.3. The van der Waals surface area contributed by atoms with E-state index in [0.717, 1.165) is 17.1 Å². The van der Waals surface area contributed by atoms with Gasteiger partial charge >= 0.3 is 263 Å². The Morgan fingerprint density at radius 2 is 0.795 bits per heavy atom. The van der Waals surface area contributed by atoms with Crippen LogP contribution in [-0.2, 0) is 0 Å². The van der Waals surface area contributed by atoms with E-state index in [1.807, 2.05) is 24.3 Å². The van der Waals surface area contributed by atoms with Crippen LogP contribution in [0.3, 0.4) is 0 Å². The Labute approximate surface area is 261 Å². The van der Waals surface area contributed by atoms with Crippen molar-refractivity contribution >= 4 is 64.4 Å². The third kappa shape index (κ3) is 4.98. The van der Waals surface area contributed by atoms with Gasteiger partial charge in [-0.25, -0.2) is 0 Å². The summed E-state index contributed by atoms with van der Waals surface area (Å²) in [7, 11) is 0.